The third-order valence-corrected chi connectivity index (χ3v) is 5.13. The molecule has 0 bridgehead atoms. The molecular formula is C25H36N2O4. The minimum Gasteiger partial charge on any atom is -0.469 e. The molecule has 2 rings (SSSR count). The number of hydrogen-bond donors (Lipinski definition) is 2. The van der Waals surface area contributed by atoms with Crippen molar-refractivity contribution in [1.29, 1.82) is 0 Å². The Labute approximate surface area is 185 Å². The van der Waals surface area contributed by atoms with E-state index in [2.05, 4.69) is 10.6 Å². The topological polar surface area (TPSA) is 80.6 Å². The molecule has 0 aliphatic heterocycles. The number of unbranched alkanes of at least 4 members (excludes halogenated alkanes) is 10. The molecule has 6 nitrogen and oxygen atoms in total. The molecule has 0 unspecified atom stereocenters. The molecule has 0 spiro atoms. The van der Waals surface area contributed by atoms with Gasteiger partial charge in [-0.05, 0) is 37.1 Å². The van der Waals surface area contributed by atoms with Gasteiger partial charge in [-0.15, -0.1) is 0 Å². The Balaban J connectivity index is 1.31. The summed E-state index contributed by atoms with van der Waals surface area (Å²) < 4.78 is 10.4. The Bertz CT molecular complexity index is 716. The van der Waals surface area contributed by atoms with E-state index in [9.17, 15) is 9.59 Å². The number of nitrogens with one attached hydrogen (secondary N) is 2. The van der Waals surface area contributed by atoms with Crippen LogP contribution < -0.4 is 10.6 Å². The second-order valence-corrected chi connectivity index (χ2v) is 7.80. The molecule has 2 aromatic rings. The largest absolute Gasteiger partial charge is 0.469 e. The van der Waals surface area contributed by atoms with Gasteiger partial charge in [0.15, 0.2) is 0 Å². The zero-order valence-electron chi connectivity index (χ0n) is 18.4. The number of anilines is 1. The molecule has 0 radical (unpaired) electrons. The number of carbonyl (C=O) groups is 2. The maximum absolute atomic E-state index is 11.7. The average molecular weight is 429 g/mol. The summed E-state index contributed by atoms with van der Waals surface area (Å²) in [5.41, 5.74) is 0.623. The highest BCUT2D eigenvalue weighted by atomic mass is 16.5. The summed E-state index contributed by atoms with van der Waals surface area (Å²) in [7, 11) is 0. The van der Waals surface area contributed by atoms with Crippen molar-refractivity contribution in [2.45, 2.75) is 77.0 Å². The van der Waals surface area contributed by atoms with Crippen molar-refractivity contribution in [3.05, 3.63) is 54.5 Å². The van der Waals surface area contributed by atoms with Gasteiger partial charge in [0.05, 0.1) is 12.9 Å². The van der Waals surface area contributed by atoms with Crippen molar-refractivity contribution in [2.24, 2.45) is 0 Å². The van der Waals surface area contributed by atoms with Gasteiger partial charge < -0.3 is 14.5 Å². The Morgan fingerprint density at radius 3 is 1.97 bits per heavy atom. The number of ether oxygens (including phenoxy) is 1. The summed E-state index contributed by atoms with van der Waals surface area (Å²) in [5.74, 6) is 1.10. The number of imide groups is 1. The third-order valence-electron chi connectivity index (χ3n) is 5.13. The number of rotatable bonds is 15. The van der Waals surface area contributed by atoms with Crippen LogP contribution in [0.2, 0.25) is 0 Å². The summed E-state index contributed by atoms with van der Waals surface area (Å²) in [6.45, 7) is 0.336. The molecule has 0 fully saturated rings. The van der Waals surface area contributed by atoms with Crippen LogP contribution in [0.15, 0.2) is 53.1 Å². The molecule has 6 heteroatoms. The number of carbonyl (C=O) groups excluding carboxylic acids is 2. The van der Waals surface area contributed by atoms with E-state index in [0.717, 1.165) is 31.4 Å². The van der Waals surface area contributed by atoms with Gasteiger partial charge in [-0.25, -0.2) is 14.9 Å². The molecule has 2 N–H and O–H groups in total. The monoisotopic (exact) mass is 428 g/mol. The Morgan fingerprint density at radius 1 is 0.742 bits per heavy atom. The van der Waals surface area contributed by atoms with E-state index in [1.54, 1.807) is 30.5 Å². The fourth-order valence-corrected chi connectivity index (χ4v) is 3.42. The Kier molecular flexibility index (Phi) is 12.6. The summed E-state index contributed by atoms with van der Waals surface area (Å²) in [5, 5.41) is 4.74. The number of urea groups is 1. The van der Waals surface area contributed by atoms with Gasteiger partial charge in [-0.1, -0.05) is 76.0 Å². The fraction of sp³-hybridized carbons (Fsp3) is 0.520. The van der Waals surface area contributed by atoms with E-state index >= 15 is 0 Å². The summed E-state index contributed by atoms with van der Waals surface area (Å²) >= 11 is 0. The smallest absolute Gasteiger partial charge is 0.415 e. The van der Waals surface area contributed by atoms with Crippen molar-refractivity contribution in [3.8, 4) is 0 Å². The molecule has 1 heterocycles. The number of aryl methyl sites for hydroxylation is 1. The normalized spacial score (nSPS) is 10.6. The van der Waals surface area contributed by atoms with E-state index in [1.807, 2.05) is 18.2 Å². The standard InChI is InChI=1S/C25H36N2O4/c28-24(26-22-16-11-10-12-17-22)27-25(29)31-20-14-9-7-5-3-1-2-4-6-8-13-18-23-19-15-21-30-23/h10-12,15-17,19,21H,1-9,13-14,18,20H2,(H2,26,27,28,29). The van der Waals surface area contributed by atoms with Crippen LogP contribution in [0.3, 0.4) is 0 Å². The molecule has 0 saturated carbocycles. The molecule has 0 aliphatic rings. The molecule has 0 aliphatic carbocycles. The second-order valence-electron chi connectivity index (χ2n) is 7.80. The van der Waals surface area contributed by atoms with Gasteiger partial charge in [0.1, 0.15) is 5.76 Å². The zero-order valence-corrected chi connectivity index (χ0v) is 18.4. The predicted molar refractivity (Wildman–Crippen MR) is 123 cm³/mol. The van der Waals surface area contributed by atoms with Crippen LogP contribution in [0.25, 0.3) is 0 Å². The zero-order chi connectivity index (χ0) is 22.0. The van der Waals surface area contributed by atoms with E-state index < -0.39 is 12.1 Å². The average Bonchev–Trinajstić information content (AvgIpc) is 3.28. The number of amides is 3. The predicted octanol–water partition coefficient (Wildman–Crippen LogP) is 7.07. The van der Waals surface area contributed by atoms with E-state index in [0.29, 0.717) is 12.3 Å². The lowest BCUT2D eigenvalue weighted by atomic mass is 10.0. The van der Waals surface area contributed by atoms with Gasteiger partial charge >= 0.3 is 12.1 Å². The fourth-order valence-electron chi connectivity index (χ4n) is 3.42. The maximum Gasteiger partial charge on any atom is 0.415 e. The van der Waals surface area contributed by atoms with Gasteiger partial charge in [-0.2, -0.15) is 0 Å². The molecule has 1 aromatic heterocycles. The number of hydrogen-bond acceptors (Lipinski definition) is 4. The summed E-state index contributed by atoms with van der Waals surface area (Å²) in [4.78, 5) is 23.3. The lowest BCUT2D eigenvalue weighted by Gasteiger charge is -2.07. The van der Waals surface area contributed by atoms with Crippen LogP contribution in [0.1, 0.15) is 76.4 Å². The molecule has 31 heavy (non-hydrogen) atoms. The molecule has 1 aromatic carbocycles. The van der Waals surface area contributed by atoms with Crippen LogP contribution in [0, 0.1) is 0 Å². The molecule has 0 atom stereocenters. The van der Waals surface area contributed by atoms with E-state index in [4.69, 9.17) is 9.15 Å². The molecular weight excluding hydrogens is 392 g/mol. The van der Waals surface area contributed by atoms with Crippen molar-refractivity contribution in [3.63, 3.8) is 0 Å². The highest BCUT2D eigenvalue weighted by Gasteiger charge is 2.08. The van der Waals surface area contributed by atoms with Crippen molar-refractivity contribution >= 4 is 17.8 Å². The lowest BCUT2D eigenvalue weighted by molar-refractivity contribution is 0.146. The SMILES string of the molecule is O=C(NC(=O)OCCCCCCCCCCCCCc1ccco1)Nc1ccccc1. The van der Waals surface area contributed by atoms with Crippen LogP contribution in [0.5, 0.6) is 0 Å². The first-order valence-corrected chi connectivity index (χ1v) is 11.6. The van der Waals surface area contributed by atoms with Crippen molar-refractivity contribution < 1.29 is 18.7 Å². The molecule has 3 amide bonds. The first-order chi connectivity index (χ1) is 15.2. The van der Waals surface area contributed by atoms with Gasteiger partial charge in [0, 0.05) is 12.1 Å². The highest BCUT2D eigenvalue weighted by molar-refractivity contribution is 5.98. The minimum atomic E-state index is -0.711. The van der Waals surface area contributed by atoms with Crippen LogP contribution in [0.4, 0.5) is 15.3 Å². The van der Waals surface area contributed by atoms with Crippen molar-refractivity contribution in [2.75, 3.05) is 11.9 Å². The lowest BCUT2D eigenvalue weighted by Crippen LogP contribution is -2.34. The number of benzene rings is 1. The Hall–Kier alpha value is -2.76. The van der Waals surface area contributed by atoms with Gasteiger partial charge in [0.2, 0.25) is 0 Å². The second kappa shape index (κ2) is 16.0. The number of alkyl carbamates (subject to hydrolysis) is 1. The van der Waals surface area contributed by atoms with Gasteiger partial charge in [0.25, 0.3) is 0 Å². The Morgan fingerprint density at radius 2 is 1.35 bits per heavy atom. The first-order valence-electron chi connectivity index (χ1n) is 11.6. The van der Waals surface area contributed by atoms with E-state index in [-0.39, 0.29) is 0 Å². The van der Waals surface area contributed by atoms with Crippen LogP contribution >= 0.6 is 0 Å². The maximum atomic E-state index is 11.7. The number of para-hydroxylation sites is 1. The van der Waals surface area contributed by atoms with E-state index in [1.165, 1.54) is 51.4 Å². The van der Waals surface area contributed by atoms with Crippen LogP contribution in [-0.4, -0.2) is 18.7 Å². The number of furan rings is 1. The molecule has 0 saturated heterocycles. The summed E-state index contributed by atoms with van der Waals surface area (Å²) in [6, 6.07) is 12.4. The third kappa shape index (κ3) is 12.5. The first kappa shape index (κ1) is 24.5. The molecule has 170 valence electrons. The van der Waals surface area contributed by atoms with Crippen molar-refractivity contribution in [1.82, 2.24) is 5.32 Å². The summed E-state index contributed by atoms with van der Waals surface area (Å²) in [6.07, 6.45) is 15.3. The highest BCUT2D eigenvalue weighted by Crippen LogP contribution is 2.13. The van der Waals surface area contributed by atoms with Crippen LogP contribution in [-0.2, 0) is 11.2 Å². The van der Waals surface area contributed by atoms with Gasteiger partial charge in [-0.3, -0.25) is 0 Å². The quantitative estimate of drug-likeness (QED) is 0.297. The minimum absolute atomic E-state index is 0.336.